The van der Waals surface area contributed by atoms with E-state index in [0.717, 1.165) is 25.9 Å². The van der Waals surface area contributed by atoms with Gasteiger partial charge in [-0.2, -0.15) is 17.6 Å². The fraction of sp³-hybridized carbons (Fsp3) is 0.600. The molecule has 2 fully saturated rings. The van der Waals surface area contributed by atoms with Gasteiger partial charge >= 0.3 is 0 Å². The monoisotopic (exact) mass is 239 g/mol. The van der Waals surface area contributed by atoms with Crippen molar-refractivity contribution in [2.24, 2.45) is 0 Å². The van der Waals surface area contributed by atoms with Crippen LogP contribution in [0.5, 0.6) is 0 Å². The largest absolute Gasteiger partial charge is 0.431 e. The topological polar surface area (TPSA) is 58.4 Å². The molecule has 0 amide bonds. The van der Waals surface area contributed by atoms with Crippen molar-refractivity contribution < 1.29 is 9.21 Å². The van der Waals surface area contributed by atoms with Crippen LogP contribution in [-0.2, 0) is 0 Å². The zero-order valence-electron chi connectivity index (χ0n) is 8.72. The molecule has 6 heteroatoms. The first-order chi connectivity index (χ1) is 7.75. The Labute approximate surface area is 98.6 Å². The smallest absolute Gasteiger partial charge is 0.298 e. The lowest BCUT2D eigenvalue weighted by Crippen LogP contribution is -2.48. The first kappa shape index (κ1) is 10.2. The highest BCUT2D eigenvalue weighted by molar-refractivity contribution is 7.81. The number of nitrogens with one attached hydrogen (secondary N) is 1. The number of oxazole rings is 1. The van der Waals surface area contributed by atoms with E-state index >= 15 is 0 Å². The van der Waals surface area contributed by atoms with Crippen molar-refractivity contribution in [3.05, 3.63) is 12.0 Å². The summed E-state index contributed by atoms with van der Waals surface area (Å²) in [5, 5.41) is 3.23. The maximum Gasteiger partial charge on any atom is 0.298 e. The van der Waals surface area contributed by atoms with Crippen LogP contribution >= 0.6 is 12.6 Å². The Hall–Kier alpha value is -1.01. The van der Waals surface area contributed by atoms with Crippen LogP contribution in [0.1, 0.15) is 23.3 Å². The number of Topliss-reactive ketones (excluding diaryl/α,β-unsaturated/α-hetero) is 1. The van der Waals surface area contributed by atoms with E-state index in [9.17, 15) is 4.79 Å². The van der Waals surface area contributed by atoms with E-state index in [-0.39, 0.29) is 17.2 Å². The lowest BCUT2D eigenvalue weighted by Gasteiger charge is -2.36. The van der Waals surface area contributed by atoms with E-state index in [2.05, 4.69) is 22.9 Å². The van der Waals surface area contributed by atoms with Gasteiger partial charge in [-0.1, -0.05) is 0 Å². The van der Waals surface area contributed by atoms with Gasteiger partial charge in [-0.15, -0.1) is 0 Å². The van der Waals surface area contributed by atoms with Gasteiger partial charge in [-0.05, 0) is 19.4 Å². The van der Waals surface area contributed by atoms with E-state index < -0.39 is 0 Å². The van der Waals surface area contributed by atoms with Crippen molar-refractivity contribution in [3.8, 4) is 0 Å². The highest BCUT2D eigenvalue weighted by atomic mass is 32.1. The van der Waals surface area contributed by atoms with Crippen molar-refractivity contribution in [3.63, 3.8) is 0 Å². The SMILES string of the molecule is O=C(c1coc(N2CCC2S)n1)C1CCN1. The first-order valence-corrected chi connectivity index (χ1v) is 5.95. The maximum absolute atomic E-state index is 11.8. The molecule has 2 aliphatic heterocycles. The average Bonchev–Trinajstić information content (AvgIpc) is 2.61. The van der Waals surface area contributed by atoms with Crippen LogP contribution in [0.2, 0.25) is 0 Å². The number of anilines is 1. The second-order valence-corrected chi connectivity index (χ2v) is 4.73. The van der Waals surface area contributed by atoms with Crippen LogP contribution in [0.4, 0.5) is 6.01 Å². The third kappa shape index (κ3) is 1.53. The fourth-order valence-electron chi connectivity index (χ4n) is 1.80. The molecular formula is C10H13N3O2S. The molecule has 2 unspecified atom stereocenters. The highest BCUT2D eigenvalue weighted by Gasteiger charge is 2.31. The van der Waals surface area contributed by atoms with Crippen LogP contribution in [-0.4, -0.2) is 35.3 Å². The molecule has 0 aliphatic carbocycles. The van der Waals surface area contributed by atoms with Gasteiger partial charge in [0.2, 0.25) is 5.78 Å². The molecule has 5 nitrogen and oxygen atoms in total. The standard InChI is InChI=1S/C10H13N3O2S/c14-9(6-1-3-11-6)7-5-15-10(12-7)13-4-2-8(13)16/h5-6,8,11,16H,1-4H2. The molecule has 1 aromatic rings. The predicted molar refractivity (Wildman–Crippen MR) is 62.0 cm³/mol. The number of rotatable bonds is 3. The van der Waals surface area contributed by atoms with Crippen LogP contribution < -0.4 is 10.2 Å². The van der Waals surface area contributed by atoms with Crippen molar-refractivity contribution in [1.82, 2.24) is 10.3 Å². The summed E-state index contributed by atoms with van der Waals surface area (Å²) in [4.78, 5) is 18.0. The van der Waals surface area contributed by atoms with Crippen LogP contribution in [0.25, 0.3) is 0 Å². The van der Waals surface area contributed by atoms with Crippen LogP contribution in [0, 0.1) is 0 Å². The summed E-state index contributed by atoms with van der Waals surface area (Å²) in [6, 6.07) is 0.440. The molecule has 2 aliphatic rings. The molecule has 0 bridgehead atoms. The summed E-state index contributed by atoms with van der Waals surface area (Å²) in [5.41, 5.74) is 0.416. The Balaban J connectivity index is 1.74. The van der Waals surface area contributed by atoms with Gasteiger partial charge in [-0.25, -0.2) is 0 Å². The second-order valence-electron chi connectivity index (χ2n) is 4.14. The minimum Gasteiger partial charge on any atom is -0.431 e. The van der Waals surface area contributed by atoms with Gasteiger partial charge in [0.25, 0.3) is 6.01 Å². The normalized spacial score (nSPS) is 28.4. The number of hydrogen-bond donors (Lipinski definition) is 2. The average molecular weight is 239 g/mol. The molecule has 1 aromatic heterocycles. The molecule has 2 saturated heterocycles. The summed E-state index contributed by atoms with van der Waals surface area (Å²) < 4.78 is 5.30. The number of aromatic nitrogens is 1. The third-order valence-corrected chi connectivity index (χ3v) is 3.66. The van der Waals surface area contributed by atoms with Gasteiger partial charge in [0, 0.05) is 6.54 Å². The van der Waals surface area contributed by atoms with Gasteiger partial charge in [0.15, 0.2) is 0 Å². The van der Waals surface area contributed by atoms with E-state index in [1.807, 2.05) is 4.90 Å². The van der Waals surface area contributed by atoms with Crippen molar-refractivity contribution in [1.29, 1.82) is 0 Å². The van der Waals surface area contributed by atoms with Gasteiger partial charge in [-0.3, -0.25) is 4.79 Å². The lowest BCUT2D eigenvalue weighted by molar-refractivity contribution is 0.0899. The van der Waals surface area contributed by atoms with Crippen LogP contribution in [0.3, 0.4) is 0 Å². The Kier molecular flexibility index (Phi) is 2.40. The molecule has 86 valence electrons. The third-order valence-electron chi connectivity index (χ3n) is 3.12. The highest BCUT2D eigenvalue weighted by Crippen LogP contribution is 2.28. The molecule has 2 atom stereocenters. The maximum atomic E-state index is 11.8. The summed E-state index contributed by atoms with van der Waals surface area (Å²) in [6.45, 7) is 1.80. The number of ketones is 1. The molecular weight excluding hydrogens is 226 g/mol. The van der Waals surface area contributed by atoms with E-state index in [0.29, 0.717) is 11.7 Å². The number of carbonyl (C=O) groups excluding carboxylic acids is 1. The zero-order valence-corrected chi connectivity index (χ0v) is 9.61. The van der Waals surface area contributed by atoms with Crippen molar-refractivity contribution in [2.75, 3.05) is 18.0 Å². The number of thiol groups is 1. The molecule has 0 saturated carbocycles. The molecule has 16 heavy (non-hydrogen) atoms. The number of carbonyl (C=O) groups is 1. The number of nitrogens with zero attached hydrogens (tertiary/aromatic N) is 2. The Morgan fingerprint density at radius 2 is 2.44 bits per heavy atom. The lowest BCUT2D eigenvalue weighted by atomic mass is 10.0. The predicted octanol–water partition coefficient (Wildman–Crippen LogP) is 0.685. The molecule has 0 spiro atoms. The molecule has 0 radical (unpaired) electrons. The quantitative estimate of drug-likeness (QED) is 0.600. The fourth-order valence-corrected chi connectivity index (χ4v) is 2.13. The summed E-state index contributed by atoms with van der Waals surface area (Å²) in [5.74, 6) is 0.0255. The molecule has 3 heterocycles. The van der Waals surface area contributed by atoms with Gasteiger partial charge < -0.3 is 14.6 Å². The van der Waals surface area contributed by atoms with E-state index in [4.69, 9.17) is 4.42 Å². The van der Waals surface area contributed by atoms with Gasteiger partial charge in [0.1, 0.15) is 12.0 Å². The minimum absolute atomic E-state index is 0.0255. The van der Waals surface area contributed by atoms with E-state index in [1.165, 1.54) is 6.26 Å². The molecule has 1 N–H and O–H groups in total. The Morgan fingerprint density at radius 3 is 2.94 bits per heavy atom. The zero-order chi connectivity index (χ0) is 11.1. The first-order valence-electron chi connectivity index (χ1n) is 5.43. The number of hydrogen-bond acceptors (Lipinski definition) is 6. The minimum atomic E-state index is -0.0684. The second kappa shape index (κ2) is 3.78. The molecule has 3 rings (SSSR count). The summed E-state index contributed by atoms with van der Waals surface area (Å²) >= 11 is 4.35. The van der Waals surface area contributed by atoms with Crippen LogP contribution in [0.15, 0.2) is 10.7 Å². The van der Waals surface area contributed by atoms with Crippen molar-refractivity contribution >= 4 is 24.4 Å². The summed E-state index contributed by atoms with van der Waals surface area (Å²) in [7, 11) is 0. The Morgan fingerprint density at radius 1 is 1.62 bits per heavy atom. The Bertz CT molecular complexity index is 416. The summed E-state index contributed by atoms with van der Waals surface area (Å²) in [6.07, 6.45) is 3.36. The molecule has 0 aromatic carbocycles. The van der Waals surface area contributed by atoms with Gasteiger partial charge in [0.05, 0.1) is 11.4 Å². The van der Waals surface area contributed by atoms with E-state index in [1.54, 1.807) is 0 Å². The van der Waals surface area contributed by atoms with Crippen molar-refractivity contribution in [2.45, 2.75) is 24.3 Å².